The molecule has 2 saturated carbocycles. The number of ether oxygens (including phenoxy) is 6. The number of aliphatic hydroxyl groups is 2. The van der Waals surface area contributed by atoms with Crippen LogP contribution in [0.15, 0.2) is 126 Å². The molecule has 23 heteroatoms. The van der Waals surface area contributed by atoms with Crippen molar-refractivity contribution in [3.63, 3.8) is 0 Å². The van der Waals surface area contributed by atoms with Gasteiger partial charge in [0.05, 0.1) is 41.8 Å². The van der Waals surface area contributed by atoms with Gasteiger partial charge in [-0.3, -0.25) is 33.5 Å². The van der Waals surface area contributed by atoms with E-state index in [1.54, 1.807) is 105 Å². The molecule has 4 aromatic rings. The van der Waals surface area contributed by atoms with Gasteiger partial charge in [0.15, 0.2) is 17.5 Å². The highest BCUT2D eigenvalue weighted by atomic mass is 31.2. The highest BCUT2D eigenvalue weighted by molar-refractivity contribution is 7.46. The molecule has 9 rings (SSSR count). The monoisotopic (exact) mass is 1180 g/mol. The third-order valence-electron chi connectivity index (χ3n) is 17.4. The fourth-order valence-electron chi connectivity index (χ4n) is 12.9. The Morgan fingerprint density at radius 2 is 1.35 bits per heavy atom. The predicted molar refractivity (Wildman–Crippen MR) is 297 cm³/mol. The lowest BCUT2D eigenvalue weighted by Crippen LogP contribution is -2.82. The van der Waals surface area contributed by atoms with Gasteiger partial charge in [-0.15, -0.1) is 0 Å². The van der Waals surface area contributed by atoms with Gasteiger partial charge < -0.3 is 53.7 Å². The van der Waals surface area contributed by atoms with Gasteiger partial charge >= 0.3 is 37.7 Å². The molecule has 3 aliphatic carbocycles. The van der Waals surface area contributed by atoms with Crippen molar-refractivity contribution < 1.29 is 91.1 Å². The Morgan fingerprint density at radius 3 is 1.92 bits per heavy atom. The Bertz CT molecular complexity index is 3210. The fourth-order valence-corrected chi connectivity index (χ4v) is 13.3. The van der Waals surface area contributed by atoms with Crippen LogP contribution in [0.25, 0.3) is 0 Å². The van der Waals surface area contributed by atoms with E-state index >= 15 is 9.59 Å². The topological polar surface area (TPSA) is 301 Å². The minimum atomic E-state index is -4.58. The third kappa shape index (κ3) is 12.3. The van der Waals surface area contributed by atoms with Crippen LogP contribution in [0.2, 0.25) is 0 Å². The zero-order chi connectivity index (χ0) is 60.5. The van der Waals surface area contributed by atoms with Crippen molar-refractivity contribution in [3.8, 4) is 0 Å². The summed E-state index contributed by atoms with van der Waals surface area (Å²) < 4.78 is 53.1. The van der Waals surface area contributed by atoms with Gasteiger partial charge in [0, 0.05) is 76.9 Å². The first-order valence-electron chi connectivity index (χ1n) is 27.7. The number of nitrogens with one attached hydrogen (secondary N) is 1. The SMILES string of the molecule is CC(=O)O[C@H]1C(=O)[C@@]2(C)[C@H]([C@H](OC(=O)c3ccccc3)[C@]3(O)C[C@H](OC(=O)[C@H](OC(=O)c4ccc(CN5CCN(CCOP(=O)(O)O)CC5)cc4)[C@@H](NC(=O)c4ccccc4)c4ccccc4)C(C)=C1C3(C)C)[C@]1(OC(C)=O)CO[C@@H]1C[C@@H]2O. The molecule has 0 unspecified atom stereocenters. The molecule has 1 amide bonds. The van der Waals surface area contributed by atoms with E-state index in [0.717, 1.165) is 19.4 Å². The first kappa shape index (κ1) is 61.6. The molecule has 2 bridgehead atoms. The first-order chi connectivity index (χ1) is 39.8. The number of phosphoric acid groups is 1. The van der Waals surface area contributed by atoms with E-state index in [1.165, 1.54) is 38.1 Å². The number of amides is 1. The van der Waals surface area contributed by atoms with E-state index in [-0.39, 0.29) is 47.5 Å². The lowest BCUT2D eigenvalue weighted by molar-refractivity contribution is -0.346. The normalized spacial score (nSPS) is 28.3. The number of rotatable bonds is 18. The van der Waals surface area contributed by atoms with E-state index in [1.807, 2.05) is 4.90 Å². The number of hydrogen-bond acceptors (Lipinski definition) is 19. The summed E-state index contributed by atoms with van der Waals surface area (Å²) >= 11 is 0. The number of fused-ring (bicyclic) bond motifs is 5. The van der Waals surface area contributed by atoms with Crippen molar-refractivity contribution in [2.24, 2.45) is 16.7 Å². The van der Waals surface area contributed by atoms with Gasteiger partial charge in [-0.05, 0) is 72.5 Å². The first-order valence-corrected chi connectivity index (χ1v) is 29.3. The number of piperazine rings is 1. The highest BCUT2D eigenvalue weighted by Crippen LogP contribution is 2.64. The van der Waals surface area contributed by atoms with Gasteiger partial charge in [0.25, 0.3) is 5.91 Å². The van der Waals surface area contributed by atoms with Crippen LogP contribution in [0.1, 0.15) is 103 Å². The zero-order valence-corrected chi connectivity index (χ0v) is 48.3. The van der Waals surface area contributed by atoms with Gasteiger partial charge in [-0.1, -0.05) is 92.7 Å². The molecule has 0 aromatic heterocycles. The second kappa shape index (κ2) is 24.5. The molecule has 11 atom stereocenters. The average Bonchev–Trinajstić information content (AvgIpc) is 2.79. The molecule has 0 radical (unpaired) electrons. The van der Waals surface area contributed by atoms with Crippen molar-refractivity contribution in [2.75, 3.05) is 45.9 Å². The smallest absolute Gasteiger partial charge is 0.455 e. The van der Waals surface area contributed by atoms with Crippen molar-refractivity contribution in [3.05, 3.63) is 154 Å². The molecule has 2 saturated heterocycles. The number of Topliss-reactive ketones (excluding diaryl/α,β-unsaturated/α-hetero) is 1. The van der Waals surface area contributed by atoms with Crippen molar-refractivity contribution in [1.29, 1.82) is 0 Å². The standard InChI is InChI=1S/C61H70N3O19P/c1-36-44(33-61(73)53(82-56(71)42-20-14-9-15-21-42)51-59(6,45(67)32-46-60(51,35-77-46)83-38(3)66)52(68)49(79-37(2)65)47(36)58(61,4)5)80-57(72)50(48(40-16-10-7-11-17-40)62-54(69)41-18-12-8-13-19-41)81-55(70)43-24-22-39(23-25-43)34-64-28-26-63(27-29-64)30-31-78-84(74,75)76/h7-25,44-46,48-51,53,67,73H,26-35H2,1-6H3,(H,62,69)(H2,74,75,76)/t44-,45-,46+,48-,49+,50+,51-,53-,59+,60-,61+/m0/s1. The number of carbonyl (C=O) groups excluding carboxylic acids is 7. The molecule has 2 aliphatic heterocycles. The Labute approximate surface area is 485 Å². The third-order valence-corrected chi connectivity index (χ3v) is 17.9. The summed E-state index contributed by atoms with van der Waals surface area (Å²) in [5, 5.41) is 29.3. The number of ketones is 1. The van der Waals surface area contributed by atoms with Crippen molar-refractivity contribution in [2.45, 2.75) is 115 Å². The van der Waals surface area contributed by atoms with Crippen LogP contribution < -0.4 is 5.32 Å². The lowest BCUT2D eigenvalue weighted by Gasteiger charge is -2.67. The average molecular weight is 1180 g/mol. The number of nitrogens with zero attached hydrogens (tertiary/aromatic N) is 2. The number of phosphoric ester groups is 1. The van der Waals surface area contributed by atoms with Gasteiger partial charge in [-0.2, -0.15) is 0 Å². The van der Waals surface area contributed by atoms with E-state index in [2.05, 4.69) is 14.7 Å². The van der Waals surface area contributed by atoms with E-state index < -0.39 is 126 Å². The van der Waals surface area contributed by atoms with Gasteiger partial charge in [0.1, 0.15) is 30.0 Å². The maximum Gasteiger partial charge on any atom is 0.469 e. The Hall–Kier alpha value is -6.98. The quantitative estimate of drug-likeness (QED) is 0.0386. The summed E-state index contributed by atoms with van der Waals surface area (Å²) in [6.07, 6.45) is -11.0. The Balaban J connectivity index is 1.11. The summed E-state index contributed by atoms with van der Waals surface area (Å²) in [4.78, 5) is 124. The highest BCUT2D eigenvalue weighted by Gasteiger charge is 2.78. The van der Waals surface area contributed by atoms with E-state index in [4.69, 9.17) is 38.2 Å². The summed E-state index contributed by atoms with van der Waals surface area (Å²) in [6.45, 7) is 11.1. The zero-order valence-electron chi connectivity index (χ0n) is 47.4. The van der Waals surface area contributed by atoms with Crippen LogP contribution >= 0.6 is 7.82 Å². The number of aliphatic hydroxyl groups excluding tert-OH is 1. The maximum absolute atomic E-state index is 15.9. The molecule has 5 N–H and O–H groups in total. The molecule has 448 valence electrons. The molecule has 0 spiro atoms. The van der Waals surface area contributed by atoms with Crippen molar-refractivity contribution in [1.82, 2.24) is 15.1 Å². The molecule has 4 aromatic carbocycles. The number of carbonyl (C=O) groups is 7. The molecule has 2 heterocycles. The van der Waals surface area contributed by atoms with Crippen LogP contribution in [0.4, 0.5) is 0 Å². The van der Waals surface area contributed by atoms with Crippen LogP contribution in [-0.2, 0) is 63.2 Å². The largest absolute Gasteiger partial charge is 0.469 e. The lowest BCUT2D eigenvalue weighted by atomic mass is 9.44. The summed E-state index contributed by atoms with van der Waals surface area (Å²) in [7, 11) is -4.58. The second-order valence-corrected chi connectivity index (χ2v) is 24.1. The molecule has 22 nitrogen and oxygen atoms in total. The molecular formula is C61H70N3O19P. The predicted octanol–water partition coefficient (Wildman–Crippen LogP) is 4.83. The van der Waals surface area contributed by atoms with E-state index in [9.17, 15) is 38.8 Å². The van der Waals surface area contributed by atoms with Crippen LogP contribution in [0.5, 0.6) is 0 Å². The van der Waals surface area contributed by atoms with E-state index in [0.29, 0.717) is 44.8 Å². The summed E-state index contributed by atoms with van der Waals surface area (Å²) in [5.74, 6) is -8.16. The molecule has 84 heavy (non-hydrogen) atoms. The summed E-state index contributed by atoms with van der Waals surface area (Å²) in [6, 6.07) is 29.1. The van der Waals surface area contributed by atoms with Crippen LogP contribution in [-0.4, -0.2) is 165 Å². The number of esters is 5. The molecular weight excluding hydrogens is 1110 g/mol. The Kier molecular flexibility index (Phi) is 18.0. The Morgan fingerprint density at radius 1 is 0.762 bits per heavy atom. The van der Waals surface area contributed by atoms with Gasteiger partial charge in [-0.25, -0.2) is 18.9 Å². The second-order valence-electron chi connectivity index (χ2n) is 22.9. The number of hydrogen-bond donors (Lipinski definition) is 5. The maximum atomic E-state index is 15.9. The summed E-state index contributed by atoms with van der Waals surface area (Å²) in [5.41, 5.74) is -6.81. The van der Waals surface area contributed by atoms with Crippen molar-refractivity contribution >= 4 is 49.4 Å². The molecule has 4 fully saturated rings. The van der Waals surface area contributed by atoms with Crippen LogP contribution in [0.3, 0.4) is 0 Å². The minimum Gasteiger partial charge on any atom is -0.455 e. The number of benzene rings is 4. The minimum absolute atomic E-state index is 0.0189. The molecule has 5 aliphatic rings. The van der Waals surface area contributed by atoms with Crippen LogP contribution in [0, 0.1) is 16.7 Å². The van der Waals surface area contributed by atoms with Gasteiger partial charge in [0.2, 0.25) is 6.10 Å². The fraction of sp³-hybridized carbons (Fsp3) is 0.459.